The third kappa shape index (κ3) is 3.97. The van der Waals surface area contributed by atoms with E-state index in [9.17, 15) is 4.79 Å². The SMILES string of the molecule is C[C@H]1CCC[C@H](C)N1CCCNC(=O)c1csc2c1CCCC2. The predicted molar refractivity (Wildman–Crippen MR) is 97.4 cm³/mol. The highest BCUT2D eigenvalue weighted by atomic mass is 32.1. The van der Waals surface area contributed by atoms with Gasteiger partial charge in [0, 0.05) is 35.4 Å². The quantitative estimate of drug-likeness (QED) is 0.825. The first kappa shape index (κ1) is 17.0. The van der Waals surface area contributed by atoms with Crippen molar-refractivity contribution in [2.24, 2.45) is 0 Å². The topological polar surface area (TPSA) is 32.3 Å². The van der Waals surface area contributed by atoms with Crippen molar-refractivity contribution in [2.45, 2.75) is 77.3 Å². The van der Waals surface area contributed by atoms with Gasteiger partial charge in [0.25, 0.3) is 5.91 Å². The van der Waals surface area contributed by atoms with Crippen molar-refractivity contribution in [1.82, 2.24) is 10.2 Å². The van der Waals surface area contributed by atoms with Crippen LogP contribution < -0.4 is 5.32 Å². The average molecular weight is 335 g/mol. The molecule has 1 aromatic heterocycles. The Labute approximate surface area is 144 Å². The van der Waals surface area contributed by atoms with Crippen LogP contribution >= 0.6 is 11.3 Å². The van der Waals surface area contributed by atoms with Crippen LogP contribution in [0, 0.1) is 0 Å². The number of amides is 1. The number of rotatable bonds is 5. The Balaban J connectivity index is 1.45. The van der Waals surface area contributed by atoms with Gasteiger partial charge in [-0.15, -0.1) is 11.3 Å². The van der Waals surface area contributed by atoms with Crippen LogP contribution in [-0.2, 0) is 12.8 Å². The van der Waals surface area contributed by atoms with E-state index in [0.29, 0.717) is 12.1 Å². The summed E-state index contributed by atoms with van der Waals surface area (Å²) in [7, 11) is 0. The number of piperidine rings is 1. The number of carbonyl (C=O) groups excluding carboxylic acids is 1. The van der Waals surface area contributed by atoms with Crippen LogP contribution in [0.5, 0.6) is 0 Å². The Kier molecular flexibility index (Phi) is 5.76. The molecule has 2 heterocycles. The molecular formula is C19H30N2OS. The van der Waals surface area contributed by atoms with Gasteiger partial charge in [-0.05, 0) is 64.4 Å². The molecule has 2 atom stereocenters. The Morgan fingerprint density at radius 2 is 1.96 bits per heavy atom. The first-order valence-electron chi connectivity index (χ1n) is 9.30. The second-order valence-electron chi connectivity index (χ2n) is 7.23. The first-order chi connectivity index (χ1) is 11.2. The summed E-state index contributed by atoms with van der Waals surface area (Å²) in [6, 6.07) is 1.39. The third-order valence-corrected chi connectivity index (χ3v) is 6.65. The van der Waals surface area contributed by atoms with E-state index in [1.165, 1.54) is 42.5 Å². The average Bonchev–Trinajstić information content (AvgIpc) is 2.97. The fourth-order valence-electron chi connectivity index (χ4n) is 4.16. The maximum Gasteiger partial charge on any atom is 0.252 e. The van der Waals surface area contributed by atoms with Crippen LogP contribution in [0.4, 0.5) is 0 Å². The zero-order valence-electron chi connectivity index (χ0n) is 14.6. The predicted octanol–water partition coefficient (Wildman–Crippen LogP) is 4.01. The van der Waals surface area contributed by atoms with Crippen LogP contribution in [0.1, 0.15) is 73.2 Å². The summed E-state index contributed by atoms with van der Waals surface area (Å²) in [4.78, 5) is 16.5. The van der Waals surface area contributed by atoms with E-state index < -0.39 is 0 Å². The van der Waals surface area contributed by atoms with Crippen molar-refractivity contribution in [3.05, 3.63) is 21.4 Å². The second-order valence-corrected chi connectivity index (χ2v) is 8.20. The second kappa shape index (κ2) is 7.80. The summed E-state index contributed by atoms with van der Waals surface area (Å²) in [5.74, 6) is 0.143. The number of aryl methyl sites for hydroxylation is 1. The fraction of sp³-hybridized carbons (Fsp3) is 0.737. The first-order valence-corrected chi connectivity index (χ1v) is 10.2. The van der Waals surface area contributed by atoms with Crippen molar-refractivity contribution in [1.29, 1.82) is 0 Å². The van der Waals surface area contributed by atoms with E-state index in [0.717, 1.165) is 37.9 Å². The summed E-state index contributed by atoms with van der Waals surface area (Å²) in [5, 5.41) is 5.22. The zero-order valence-corrected chi connectivity index (χ0v) is 15.4. The van der Waals surface area contributed by atoms with Crippen LogP contribution in [0.15, 0.2) is 5.38 Å². The number of hydrogen-bond acceptors (Lipinski definition) is 3. The van der Waals surface area contributed by atoms with Crippen LogP contribution in [-0.4, -0.2) is 36.0 Å². The molecule has 0 aromatic carbocycles. The summed E-state index contributed by atoms with van der Waals surface area (Å²) in [6.45, 7) is 6.57. The van der Waals surface area contributed by atoms with E-state index in [4.69, 9.17) is 0 Å². The normalized spacial score (nSPS) is 25.1. The number of hydrogen-bond donors (Lipinski definition) is 1. The van der Waals surface area contributed by atoms with Gasteiger partial charge in [0.05, 0.1) is 5.56 Å². The largest absolute Gasteiger partial charge is 0.352 e. The zero-order chi connectivity index (χ0) is 16.2. The van der Waals surface area contributed by atoms with Crippen molar-refractivity contribution >= 4 is 17.2 Å². The molecule has 3 nitrogen and oxygen atoms in total. The molecule has 0 radical (unpaired) electrons. The Morgan fingerprint density at radius 1 is 1.22 bits per heavy atom. The summed E-state index contributed by atoms with van der Waals surface area (Å²) in [5.41, 5.74) is 2.28. The van der Waals surface area contributed by atoms with Gasteiger partial charge in [0.2, 0.25) is 0 Å². The van der Waals surface area contributed by atoms with E-state index in [1.807, 2.05) is 0 Å². The van der Waals surface area contributed by atoms with Gasteiger partial charge in [-0.3, -0.25) is 9.69 Å². The number of nitrogens with zero attached hydrogens (tertiary/aromatic N) is 1. The molecule has 3 rings (SSSR count). The van der Waals surface area contributed by atoms with Crippen molar-refractivity contribution in [3.8, 4) is 0 Å². The lowest BCUT2D eigenvalue weighted by atomic mass is 9.95. The molecule has 128 valence electrons. The van der Waals surface area contributed by atoms with Gasteiger partial charge in [-0.2, -0.15) is 0 Å². The standard InChI is InChI=1S/C19H30N2OS/c1-14-7-5-8-15(2)21(14)12-6-11-20-19(22)17-13-23-18-10-4-3-9-16(17)18/h13-15H,3-12H2,1-2H3,(H,20,22)/t14-,15-/m0/s1. The minimum absolute atomic E-state index is 0.143. The van der Waals surface area contributed by atoms with Crippen LogP contribution in [0.3, 0.4) is 0 Å². The highest BCUT2D eigenvalue weighted by molar-refractivity contribution is 7.10. The lowest BCUT2D eigenvalue weighted by molar-refractivity contribution is 0.0925. The number of likely N-dealkylation sites (tertiary alicyclic amines) is 1. The lowest BCUT2D eigenvalue weighted by Gasteiger charge is -2.39. The molecule has 1 amide bonds. The van der Waals surface area contributed by atoms with Gasteiger partial charge >= 0.3 is 0 Å². The molecule has 0 unspecified atom stereocenters. The molecule has 1 aromatic rings. The third-order valence-electron chi connectivity index (χ3n) is 5.56. The fourth-order valence-corrected chi connectivity index (χ4v) is 5.28. The summed E-state index contributed by atoms with van der Waals surface area (Å²) < 4.78 is 0. The molecule has 0 spiro atoms. The molecular weight excluding hydrogens is 304 g/mol. The lowest BCUT2D eigenvalue weighted by Crippen LogP contribution is -2.44. The molecule has 0 saturated carbocycles. The Bertz CT molecular complexity index is 529. The molecule has 1 aliphatic heterocycles. The molecule has 4 heteroatoms. The van der Waals surface area contributed by atoms with E-state index in [2.05, 4.69) is 29.4 Å². The molecule has 1 N–H and O–H groups in total. The number of fused-ring (bicyclic) bond motifs is 1. The molecule has 1 saturated heterocycles. The van der Waals surface area contributed by atoms with Crippen LogP contribution in [0.2, 0.25) is 0 Å². The molecule has 1 fully saturated rings. The van der Waals surface area contributed by atoms with Gasteiger partial charge in [-0.1, -0.05) is 6.42 Å². The monoisotopic (exact) mass is 334 g/mol. The smallest absolute Gasteiger partial charge is 0.252 e. The van der Waals surface area contributed by atoms with E-state index >= 15 is 0 Å². The maximum absolute atomic E-state index is 12.4. The molecule has 23 heavy (non-hydrogen) atoms. The van der Waals surface area contributed by atoms with Gasteiger partial charge < -0.3 is 5.32 Å². The summed E-state index contributed by atoms with van der Waals surface area (Å²) in [6.07, 6.45) is 9.80. The van der Waals surface area contributed by atoms with E-state index in [-0.39, 0.29) is 5.91 Å². The van der Waals surface area contributed by atoms with E-state index in [1.54, 1.807) is 11.3 Å². The number of nitrogens with one attached hydrogen (secondary N) is 1. The minimum Gasteiger partial charge on any atom is -0.352 e. The van der Waals surface area contributed by atoms with Gasteiger partial charge in [-0.25, -0.2) is 0 Å². The molecule has 0 bridgehead atoms. The maximum atomic E-state index is 12.4. The highest BCUT2D eigenvalue weighted by Crippen LogP contribution is 2.30. The highest BCUT2D eigenvalue weighted by Gasteiger charge is 2.24. The van der Waals surface area contributed by atoms with Crippen molar-refractivity contribution < 1.29 is 4.79 Å². The number of thiophene rings is 1. The Morgan fingerprint density at radius 3 is 2.74 bits per heavy atom. The van der Waals surface area contributed by atoms with Gasteiger partial charge in [0.15, 0.2) is 0 Å². The van der Waals surface area contributed by atoms with Crippen molar-refractivity contribution in [2.75, 3.05) is 13.1 Å². The van der Waals surface area contributed by atoms with Crippen LogP contribution in [0.25, 0.3) is 0 Å². The van der Waals surface area contributed by atoms with Gasteiger partial charge in [0.1, 0.15) is 0 Å². The molecule has 2 aliphatic rings. The minimum atomic E-state index is 0.143. The summed E-state index contributed by atoms with van der Waals surface area (Å²) >= 11 is 1.77. The number of carbonyl (C=O) groups is 1. The Hall–Kier alpha value is -0.870. The van der Waals surface area contributed by atoms with Crippen molar-refractivity contribution in [3.63, 3.8) is 0 Å². The molecule has 1 aliphatic carbocycles.